The Labute approximate surface area is 176 Å². The fourth-order valence-electron chi connectivity index (χ4n) is 7.87. The van der Waals surface area contributed by atoms with Gasteiger partial charge in [-0.1, -0.05) is 46.3 Å². The van der Waals surface area contributed by atoms with Crippen LogP contribution in [-0.4, -0.2) is 12.4 Å². The number of allylic oxidation sites excluding steroid dienone is 4. The molecule has 4 aliphatic carbocycles. The molecule has 0 radical (unpaired) electrons. The van der Waals surface area contributed by atoms with Crippen LogP contribution in [0.5, 0.6) is 0 Å². The Balaban J connectivity index is 1.36. The number of ether oxygens (including phenoxy) is 2. The number of fused-ring (bicyclic) bond motifs is 6. The van der Waals surface area contributed by atoms with E-state index in [1.54, 1.807) is 11.1 Å². The lowest BCUT2D eigenvalue weighted by Gasteiger charge is -2.55. The molecule has 0 aromatic heterocycles. The van der Waals surface area contributed by atoms with E-state index in [1.165, 1.54) is 50.5 Å². The lowest BCUT2D eigenvalue weighted by atomic mass is 9.49. The molecule has 2 nitrogen and oxygen atoms in total. The van der Waals surface area contributed by atoms with E-state index in [0.717, 1.165) is 42.6 Å². The zero-order valence-electron chi connectivity index (χ0n) is 18.5. The van der Waals surface area contributed by atoms with E-state index in [2.05, 4.69) is 39.5 Å². The summed E-state index contributed by atoms with van der Waals surface area (Å²) in [6, 6.07) is 0. The molecule has 1 saturated heterocycles. The molecule has 2 heteroatoms. The standard InChI is InChI=1S/C27H36O2/c1-17-10-14-27(28-16-17)18(2)24-23(29-27)15-22-20-9-8-19-7-5-6-12-25(19,3)21(20)11-13-26(22,24)4/h9,15,17,19,21H,2,5-8,10-14,16H2,1,3-4H3/t17?,19?,21-,25-,26-,27+/m0/s1. The molecule has 3 fully saturated rings. The Morgan fingerprint density at radius 2 is 1.93 bits per heavy atom. The van der Waals surface area contributed by atoms with Gasteiger partial charge in [0.15, 0.2) is 0 Å². The maximum atomic E-state index is 6.60. The normalized spacial score (nSPS) is 48.4. The third kappa shape index (κ3) is 2.27. The fourth-order valence-corrected chi connectivity index (χ4v) is 7.87. The summed E-state index contributed by atoms with van der Waals surface area (Å²) in [6.07, 6.45) is 16.6. The summed E-state index contributed by atoms with van der Waals surface area (Å²) in [5, 5.41) is 0. The average molecular weight is 393 g/mol. The van der Waals surface area contributed by atoms with Gasteiger partial charge in [0.25, 0.3) is 0 Å². The van der Waals surface area contributed by atoms with Crippen LogP contribution in [0.1, 0.15) is 78.6 Å². The van der Waals surface area contributed by atoms with Crippen molar-refractivity contribution in [3.63, 3.8) is 0 Å². The quantitative estimate of drug-likeness (QED) is 0.449. The van der Waals surface area contributed by atoms with Gasteiger partial charge in [-0.3, -0.25) is 0 Å². The first-order chi connectivity index (χ1) is 13.9. The molecule has 0 N–H and O–H groups in total. The van der Waals surface area contributed by atoms with Gasteiger partial charge in [-0.15, -0.1) is 0 Å². The highest BCUT2D eigenvalue weighted by molar-refractivity contribution is 5.64. The molecule has 2 aliphatic heterocycles. The third-order valence-corrected chi connectivity index (χ3v) is 9.76. The lowest BCUT2D eigenvalue weighted by Crippen LogP contribution is -2.46. The molecule has 29 heavy (non-hydrogen) atoms. The molecule has 0 amide bonds. The van der Waals surface area contributed by atoms with Gasteiger partial charge in [-0.2, -0.15) is 0 Å². The van der Waals surface area contributed by atoms with Crippen LogP contribution in [0.4, 0.5) is 0 Å². The van der Waals surface area contributed by atoms with Crippen molar-refractivity contribution in [1.29, 1.82) is 0 Å². The molecule has 2 saturated carbocycles. The molecule has 1 spiro atoms. The van der Waals surface area contributed by atoms with Crippen molar-refractivity contribution < 1.29 is 9.47 Å². The minimum Gasteiger partial charge on any atom is -0.458 e. The van der Waals surface area contributed by atoms with E-state index < -0.39 is 5.79 Å². The Bertz CT molecular complexity index is 865. The van der Waals surface area contributed by atoms with Gasteiger partial charge in [0.1, 0.15) is 5.76 Å². The van der Waals surface area contributed by atoms with E-state index in [0.29, 0.717) is 11.3 Å². The number of hydrogen-bond acceptors (Lipinski definition) is 2. The molecule has 0 bridgehead atoms. The molecular weight excluding hydrogens is 356 g/mol. The van der Waals surface area contributed by atoms with Crippen LogP contribution >= 0.6 is 0 Å². The minimum atomic E-state index is -0.583. The molecular formula is C27H36O2. The Morgan fingerprint density at radius 3 is 2.72 bits per heavy atom. The smallest absolute Gasteiger partial charge is 0.237 e. The fraction of sp³-hybridized carbons (Fsp3) is 0.704. The van der Waals surface area contributed by atoms with Crippen molar-refractivity contribution in [2.75, 3.05) is 6.61 Å². The van der Waals surface area contributed by atoms with Gasteiger partial charge in [0.05, 0.1) is 6.61 Å². The molecule has 0 aromatic carbocycles. The first kappa shape index (κ1) is 18.5. The summed E-state index contributed by atoms with van der Waals surface area (Å²) in [4.78, 5) is 0. The largest absolute Gasteiger partial charge is 0.458 e. The summed E-state index contributed by atoms with van der Waals surface area (Å²) in [5.74, 6) is 2.72. The first-order valence-electron chi connectivity index (χ1n) is 12.1. The highest BCUT2D eigenvalue weighted by atomic mass is 16.7. The van der Waals surface area contributed by atoms with E-state index in [-0.39, 0.29) is 5.41 Å². The predicted octanol–water partition coefficient (Wildman–Crippen LogP) is 6.85. The van der Waals surface area contributed by atoms with E-state index in [9.17, 15) is 0 Å². The van der Waals surface area contributed by atoms with Crippen molar-refractivity contribution in [3.05, 3.63) is 46.8 Å². The first-order valence-corrected chi connectivity index (χ1v) is 12.1. The molecule has 6 rings (SSSR count). The third-order valence-electron chi connectivity index (χ3n) is 9.76. The molecule has 2 unspecified atom stereocenters. The van der Waals surface area contributed by atoms with Crippen LogP contribution in [0.25, 0.3) is 0 Å². The van der Waals surface area contributed by atoms with Crippen LogP contribution in [0.2, 0.25) is 0 Å². The van der Waals surface area contributed by atoms with Crippen molar-refractivity contribution in [1.82, 2.24) is 0 Å². The number of hydrogen-bond donors (Lipinski definition) is 0. The van der Waals surface area contributed by atoms with Gasteiger partial charge in [0.2, 0.25) is 5.79 Å². The zero-order chi connectivity index (χ0) is 20.0. The topological polar surface area (TPSA) is 18.5 Å². The summed E-state index contributed by atoms with van der Waals surface area (Å²) >= 11 is 0. The molecule has 0 aromatic rings. The summed E-state index contributed by atoms with van der Waals surface area (Å²) in [7, 11) is 0. The Morgan fingerprint density at radius 1 is 1.07 bits per heavy atom. The SMILES string of the molecule is C=C1C2=C(C=C3C4=CCC5CCCC[C@]5(C)[C@H]4CC[C@@]32C)O[C@]12CCC(C)CO2. The maximum Gasteiger partial charge on any atom is 0.237 e. The highest BCUT2D eigenvalue weighted by Gasteiger charge is 2.59. The molecule has 6 atom stereocenters. The van der Waals surface area contributed by atoms with Crippen LogP contribution in [0, 0.1) is 28.6 Å². The maximum absolute atomic E-state index is 6.60. The Hall–Kier alpha value is -1.28. The average Bonchev–Trinajstić information content (AvgIpc) is 3.15. The molecule has 2 heterocycles. The monoisotopic (exact) mass is 392 g/mol. The second kappa shape index (κ2) is 5.90. The summed E-state index contributed by atoms with van der Waals surface area (Å²) in [5.41, 5.74) is 6.23. The van der Waals surface area contributed by atoms with Crippen molar-refractivity contribution in [2.45, 2.75) is 84.3 Å². The van der Waals surface area contributed by atoms with Crippen LogP contribution in [0.3, 0.4) is 0 Å². The van der Waals surface area contributed by atoms with Gasteiger partial charge >= 0.3 is 0 Å². The molecule has 156 valence electrons. The lowest BCUT2D eigenvalue weighted by molar-refractivity contribution is -0.207. The van der Waals surface area contributed by atoms with Gasteiger partial charge in [-0.05, 0) is 78.9 Å². The van der Waals surface area contributed by atoms with Gasteiger partial charge in [-0.25, -0.2) is 0 Å². The second-order valence-corrected chi connectivity index (χ2v) is 11.4. The van der Waals surface area contributed by atoms with Gasteiger partial charge < -0.3 is 9.47 Å². The van der Waals surface area contributed by atoms with Crippen LogP contribution in [0.15, 0.2) is 46.8 Å². The van der Waals surface area contributed by atoms with Crippen LogP contribution < -0.4 is 0 Å². The van der Waals surface area contributed by atoms with E-state index in [4.69, 9.17) is 9.47 Å². The summed E-state index contributed by atoms with van der Waals surface area (Å²) < 4.78 is 12.9. The molecule has 6 aliphatic rings. The highest BCUT2D eigenvalue weighted by Crippen LogP contribution is 2.67. The van der Waals surface area contributed by atoms with Crippen LogP contribution in [-0.2, 0) is 9.47 Å². The summed E-state index contributed by atoms with van der Waals surface area (Å²) in [6.45, 7) is 12.7. The van der Waals surface area contributed by atoms with Gasteiger partial charge in [0, 0.05) is 23.0 Å². The van der Waals surface area contributed by atoms with E-state index in [1.807, 2.05) is 0 Å². The minimum absolute atomic E-state index is 0.0581. The Kier molecular flexibility index (Phi) is 3.76. The van der Waals surface area contributed by atoms with E-state index >= 15 is 0 Å². The predicted molar refractivity (Wildman–Crippen MR) is 116 cm³/mol. The zero-order valence-corrected chi connectivity index (χ0v) is 18.5. The van der Waals surface area contributed by atoms with Crippen molar-refractivity contribution in [2.24, 2.45) is 28.6 Å². The second-order valence-electron chi connectivity index (χ2n) is 11.4. The number of rotatable bonds is 0. The van der Waals surface area contributed by atoms with Crippen molar-refractivity contribution >= 4 is 0 Å². The van der Waals surface area contributed by atoms with Crippen molar-refractivity contribution in [3.8, 4) is 0 Å².